The molecule has 1 aromatic heterocycles. The fourth-order valence-corrected chi connectivity index (χ4v) is 4.77. The van der Waals surface area contributed by atoms with Crippen LogP contribution in [0.2, 0.25) is 0 Å². The molecule has 1 aromatic carbocycles. The molecule has 2 fully saturated rings. The van der Waals surface area contributed by atoms with Crippen LogP contribution in [-0.2, 0) is 13.6 Å². The number of nitrogens with zero attached hydrogens (tertiary/aromatic N) is 4. The zero-order chi connectivity index (χ0) is 17.9. The third kappa shape index (κ3) is 3.80. The van der Waals surface area contributed by atoms with Gasteiger partial charge in [-0.25, -0.2) is 4.98 Å². The molecule has 0 amide bonds. The SMILES string of the molecule is Cn1c(CN2C[C@@H](CN3CCCCCC3)[C@@H](CO)C2)nc2ccccc21. The number of aryl methyl sites for hydroxylation is 1. The van der Waals surface area contributed by atoms with Crippen molar-refractivity contribution in [3.63, 3.8) is 0 Å². The Labute approximate surface area is 156 Å². The third-order valence-corrected chi connectivity index (χ3v) is 6.32. The number of aliphatic hydroxyl groups excluding tert-OH is 1. The Morgan fingerprint density at radius 3 is 2.46 bits per heavy atom. The zero-order valence-corrected chi connectivity index (χ0v) is 16.0. The second-order valence-electron chi connectivity index (χ2n) is 8.19. The number of para-hydroxylation sites is 2. The van der Waals surface area contributed by atoms with Gasteiger partial charge in [-0.2, -0.15) is 0 Å². The molecule has 1 N–H and O–H groups in total. The Morgan fingerprint density at radius 2 is 1.73 bits per heavy atom. The molecule has 5 nitrogen and oxygen atoms in total. The summed E-state index contributed by atoms with van der Waals surface area (Å²) in [4.78, 5) is 9.96. The molecule has 0 aliphatic carbocycles. The maximum absolute atomic E-state index is 9.91. The lowest BCUT2D eigenvalue weighted by molar-refractivity contribution is 0.165. The summed E-state index contributed by atoms with van der Waals surface area (Å²) in [7, 11) is 2.11. The minimum atomic E-state index is 0.303. The Balaban J connectivity index is 1.42. The summed E-state index contributed by atoms with van der Waals surface area (Å²) >= 11 is 0. The summed E-state index contributed by atoms with van der Waals surface area (Å²) in [5.41, 5.74) is 2.27. The fourth-order valence-electron chi connectivity index (χ4n) is 4.77. The molecular weight excluding hydrogens is 324 g/mol. The molecule has 0 bridgehead atoms. The maximum Gasteiger partial charge on any atom is 0.123 e. The number of aliphatic hydroxyl groups is 1. The van der Waals surface area contributed by atoms with Gasteiger partial charge in [-0.3, -0.25) is 4.90 Å². The highest BCUT2D eigenvalue weighted by Crippen LogP contribution is 2.27. The summed E-state index contributed by atoms with van der Waals surface area (Å²) in [5.74, 6) is 2.10. The molecule has 2 aromatic rings. The van der Waals surface area contributed by atoms with E-state index in [-0.39, 0.29) is 0 Å². The van der Waals surface area contributed by atoms with Crippen molar-refractivity contribution in [3.05, 3.63) is 30.1 Å². The molecule has 5 heteroatoms. The molecule has 3 heterocycles. The summed E-state index contributed by atoms with van der Waals surface area (Å²) in [6, 6.07) is 8.34. The van der Waals surface area contributed by atoms with Gasteiger partial charge in [-0.1, -0.05) is 25.0 Å². The van der Waals surface area contributed by atoms with Crippen LogP contribution in [0.25, 0.3) is 11.0 Å². The topological polar surface area (TPSA) is 44.5 Å². The fraction of sp³-hybridized carbons (Fsp3) is 0.667. The second-order valence-corrected chi connectivity index (χ2v) is 8.19. The highest BCUT2D eigenvalue weighted by molar-refractivity contribution is 5.75. The minimum absolute atomic E-state index is 0.303. The van der Waals surface area contributed by atoms with Gasteiger partial charge in [-0.15, -0.1) is 0 Å². The highest BCUT2D eigenvalue weighted by atomic mass is 16.3. The van der Waals surface area contributed by atoms with Gasteiger partial charge in [0.05, 0.1) is 17.6 Å². The smallest absolute Gasteiger partial charge is 0.123 e. The van der Waals surface area contributed by atoms with Gasteiger partial charge in [-0.05, 0) is 49.9 Å². The average molecular weight is 357 g/mol. The van der Waals surface area contributed by atoms with E-state index in [0.717, 1.165) is 37.5 Å². The number of hydrogen-bond donors (Lipinski definition) is 1. The Morgan fingerprint density at radius 1 is 1.00 bits per heavy atom. The van der Waals surface area contributed by atoms with E-state index in [2.05, 4.69) is 39.6 Å². The molecular formula is C21H32N4O. The molecule has 0 unspecified atom stereocenters. The van der Waals surface area contributed by atoms with Crippen LogP contribution >= 0.6 is 0 Å². The van der Waals surface area contributed by atoms with Crippen LogP contribution in [0.5, 0.6) is 0 Å². The van der Waals surface area contributed by atoms with Crippen molar-refractivity contribution in [2.45, 2.75) is 32.2 Å². The maximum atomic E-state index is 9.91. The number of benzene rings is 1. The predicted molar refractivity (Wildman–Crippen MR) is 105 cm³/mol. The van der Waals surface area contributed by atoms with E-state index in [4.69, 9.17) is 4.98 Å². The van der Waals surface area contributed by atoms with Crippen LogP contribution in [0.4, 0.5) is 0 Å². The van der Waals surface area contributed by atoms with Gasteiger partial charge >= 0.3 is 0 Å². The van der Waals surface area contributed by atoms with Crippen molar-refractivity contribution in [1.29, 1.82) is 0 Å². The lowest BCUT2D eigenvalue weighted by Crippen LogP contribution is -2.34. The highest BCUT2D eigenvalue weighted by Gasteiger charge is 2.34. The first-order valence-electron chi connectivity index (χ1n) is 10.2. The molecule has 0 radical (unpaired) electrons. The molecule has 0 saturated carbocycles. The molecule has 2 saturated heterocycles. The molecule has 0 spiro atoms. The zero-order valence-electron chi connectivity index (χ0n) is 16.0. The standard InChI is InChI=1S/C21H32N4O/c1-23-20-9-5-4-8-19(20)22-21(23)15-25-13-17(18(14-25)16-26)12-24-10-6-2-3-7-11-24/h4-5,8-9,17-18,26H,2-3,6-7,10-16H2,1H3/t17-,18-/m1/s1. The van der Waals surface area contributed by atoms with Crippen molar-refractivity contribution in [1.82, 2.24) is 19.4 Å². The summed E-state index contributed by atoms with van der Waals surface area (Å²) in [5, 5.41) is 9.91. The molecule has 2 atom stereocenters. The van der Waals surface area contributed by atoms with Gasteiger partial charge < -0.3 is 14.6 Å². The van der Waals surface area contributed by atoms with E-state index >= 15 is 0 Å². The molecule has 2 aliphatic rings. The Hall–Kier alpha value is -1.43. The average Bonchev–Trinajstić information content (AvgIpc) is 3.05. The number of aromatic nitrogens is 2. The second kappa shape index (κ2) is 8.07. The number of fused-ring (bicyclic) bond motifs is 1. The van der Waals surface area contributed by atoms with E-state index in [1.165, 1.54) is 44.3 Å². The first kappa shape index (κ1) is 18.0. The third-order valence-electron chi connectivity index (χ3n) is 6.32. The summed E-state index contributed by atoms with van der Waals surface area (Å²) in [6.45, 7) is 6.85. The lowest BCUT2D eigenvalue weighted by Gasteiger charge is -2.26. The number of imidazole rings is 1. The number of likely N-dealkylation sites (tertiary alicyclic amines) is 2. The van der Waals surface area contributed by atoms with Crippen LogP contribution in [-0.4, -0.2) is 63.8 Å². The van der Waals surface area contributed by atoms with Crippen molar-refractivity contribution in [2.75, 3.05) is 39.3 Å². The van der Waals surface area contributed by atoms with E-state index in [1.54, 1.807) is 0 Å². The first-order chi connectivity index (χ1) is 12.7. The van der Waals surface area contributed by atoms with E-state index in [1.807, 2.05) is 6.07 Å². The van der Waals surface area contributed by atoms with Crippen molar-refractivity contribution in [2.24, 2.45) is 18.9 Å². The van der Waals surface area contributed by atoms with Crippen LogP contribution in [0.1, 0.15) is 31.5 Å². The van der Waals surface area contributed by atoms with Crippen LogP contribution < -0.4 is 0 Å². The van der Waals surface area contributed by atoms with Crippen LogP contribution in [0, 0.1) is 11.8 Å². The van der Waals surface area contributed by atoms with E-state index < -0.39 is 0 Å². The molecule has 2 aliphatic heterocycles. The molecule has 4 rings (SSSR count). The van der Waals surface area contributed by atoms with Gasteiger partial charge in [0.25, 0.3) is 0 Å². The van der Waals surface area contributed by atoms with Crippen LogP contribution in [0.15, 0.2) is 24.3 Å². The number of rotatable bonds is 5. The normalized spacial score (nSPS) is 25.8. The van der Waals surface area contributed by atoms with Gasteiger partial charge in [0.2, 0.25) is 0 Å². The van der Waals surface area contributed by atoms with Crippen molar-refractivity contribution in [3.8, 4) is 0 Å². The predicted octanol–water partition coefficient (Wildman–Crippen LogP) is 2.49. The lowest BCUT2D eigenvalue weighted by atomic mass is 9.96. The largest absolute Gasteiger partial charge is 0.396 e. The quantitative estimate of drug-likeness (QED) is 0.894. The van der Waals surface area contributed by atoms with Crippen molar-refractivity contribution < 1.29 is 5.11 Å². The monoisotopic (exact) mass is 356 g/mol. The van der Waals surface area contributed by atoms with Gasteiger partial charge in [0.1, 0.15) is 5.82 Å². The summed E-state index contributed by atoms with van der Waals surface area (Å²) in [6.07, 6.45) is 5.42. The van der Waals surface area contributed by atoms with Gasteiger partial charge in [0.15, 0.2) is 0 Å². The molecule has 26 heavy (non-hydrogen) atoms. The Bertz CT molecular complexity index is 720. The van der Waals surface area contributed by atoms with Gasteiger partial charge in [0, 0.05) is 33.3 Å². The van der Waals surface area contributed by atoms with Crippen molar-refractivity contribution >= 4 is 11.0 Å². The number of hydrogen-bond acceptors (Lipinski definition) is 4. The first-order valence-corrected chi connectivity index (χ1v) is 10.2. The van der Waals surface area contributed by atoms with E-state index in [9.17, 15) is 5.11 Å². The minimum Gasteiger partial charge on any atom is -0.396 e. The summed E-state index contributed by atoms with van der Waals surface area (Å²) < 4.78 is 2.21. The Kier molecular flexibility index (Phi) is 5.57. The molecule has 142 valence electrons. The van der Waals surface area contributed by atoms with Crippen LogP contribution in [0.3, 0.4) is 0 Å². The van der Waals surface area contributed by atoms with E-state index in [0.29, 0.717) is 18.4 Å².